The lowest BCUT2D eigenvalue weighted by atomic mass is 10.2. The minimum Gasteiger partial charge on any atom is -0.451 e. The molecule has 0 N–H and O–H groups in total. The number of nitrogens with zero attached hydrogens (tertiary/aromatic N) is 6. The van der Waals surface area contributed by atoms with Crippen molar-refractivity contribution in [1.29, 1.82) is 0 Å². The third-order valence-electron chi connectivity index (χ3n) is 3.38. The number of benzene rings is 1. The summed E-state index contributed by atoms with van der Waals surface area (Å²) in [5, 5.41) is 4.40. The molecule has 0 spiro atoms. The van der Waals surface area contributed by atoms with Crippen LogP contribution in [0.3, 0.4) is 0 Å². The van der Waals surface area contributed by atoms with Gasteiger partial charge in [-0.15, -0.1) is 5.10 Å². The maximum absolute atomic E-state index is 14.0. The third-order valence-corrected chi connectivity index (χ3v) is 3.38. The molecule has 7 nitrogen and oxygen atoms in total. The van der Waals surface area contributed by atoms with Gasteiger partial charge in [-0.3, -0.25) is 0 Å². The molecule has 1 aromatic carbocycles. The van der Waals surface area contributed by atoms with Crippen molar-refractivity contribution >= 4 is 0 Å². The largest absolute Gasteiger partial charge is 0.451 e. The predicted molar refractivity (Wildman–Crippen MR) is 82.0 cm³/mol. The van der Waals surface area contributed by atoms with E-state index in [4.69, 9.17) is 4.42 Å². The van der Waals surface area contributed by atoms with Crippen LogP contribution in [-0.4, -0.2) is 29.7 Å². The Hall–Kier alpha value is -3.42. The second kappa shape index (κ2) is 5.99. The van der Waals surface area contributed by atoms with E-state index < -0.39 is 0 Å². The summed E-state index contributed by atoms with van der Waals surface area (Å²) in [6.07, 6.45) is 5.96. The van der Waals surface area contributed by atoms with Crippen molar-refractivity contribution in [1.82, 2.24) is 29.7 Å². The van der Waals surface area contributed by atoms with E-state index in [-0.39, 0.29) is 12.4 Å². The Morgan fingerprint density at radius 3 is 2.58 bits per heavy atom. The average molecular weight is 322 g/mol. The second-order valence-electron chi connectivity index (χ2n) is 4.95. The molecule has 0 aliphatic rings. The molecular formula is C16H11FN6O. The molecule has 0 bridgehead atoms. The maximum atomic E-state index is 14.0. The zero-order valence-corrected chi connectivity index (χ0v) is 12.4. The normalized spacial score (nSPS) is 10.9. The lowest BCUT2D eigenvalue weighted by molar-refractivity contribution is 0.558. The summed E-state index contributed by atoms with van der Waals surface area (Å²) in [5.41, 5.74) is 0.978. The molecule has 4 aromatic rings. The molecule has 0 unspecified atom stereocenters. The molecule has 118 valence electrons. The summed E-state index contributed by atoms with van der Waals surface area (Å²) in [6.45, 7) is 0.200. The number of aromatic nitrogens is 6. The van der Waals surface area contributed by atoms with Crippen LogP contribution in [-0.2, 0) is 6.54 Å². The molecule has 0 aliphatic heterocycles. The first-order valence-corrected chi connectivity index (χ1v) is 7.15. The van der Waals surface area contributed by atoms with Crippen molar-refractivity contribution in [2.75, 3.05) is 0 Å². The second-order valence-corrected chi connectivity index (χ2v) is 4.95. The van der Waals surface area contributed by atoms with Crippen LogP contribution in [0.5, 0.6) is 0 Å². The van der Waals surface area contributed by atoms with E-state index in [2.05, 4.69) is 25.0 Å². The first kappa shape index (κ1) is 14.2. The first-order valence-electron chi connectivity index (χ1n) is 7.15. The predicted octanol–water partition coefficient (Wildman–Crippen LogP) is 2.58. The SMILES string of the molecule is Fc1ccccc1Cn1nc(-c2cocn2)nc1-c1ncccn1. The molecule has 3 heterocycles. The fraction of sp³-hybridized carbons (Fsp3) is 0.0625. The lowest BCUT2D eigenvalue weighted by Crippen LogP contribution is -2.07. The van der Waals surface area contributed by atoms with E-state index in [0.717, 1.165) is 0 Å². The Balaban J connectivity index is 1.81. The quantitative estimate of drug-likeness (QED) is 0.574. The highest BCUT2D eigenvalue weighted by molar-refractivity contribution is 5.53. The molecule has 0 fully saturated rings. The van der Waals surface area contributed by atoms with Crippen molar-refractivity contribution in [3.8, 4) is 23.2 Å². The van der Waals surface area contributed by atoms with Crippen LogP contribution < -0.4 is 0 Å². The van der Waals surface area contributed by atoms with Crippen molar-refractivity contribution in [2.45, 2.75) is 6.54 Å². The number of hydrogen-bond acceptors (Lipinski definition) is 6. The van der Waals surface area contributed by atoms with Crippen LogP contribution in [0, 0.1) is 5.82 Å². The van der Waals surface area contributed by atoms with Gasteiger partial charge in [0.05, 0.1) is 6.54 Å². The Labute approximate surface area is 135 Å². The van der Waals surface area contributed by atoms with Gasteiger partial charge in [0.2, 0.25) is 5.82 Å². The minimum absolute atomic E-state index is 0.200. The Morgan fingerprint density at radius 2 is 1.83 bits per heavy atom. The van der Waals surface area contributed by atoms with Crippen molar-refractivity contribution in [2.24, 2.45) is 0 Å². The molecule has 0 saturated carbocycles. The number of oxazole rings is 1. The highest BCUT2D eigenvalue weighted by Gasteiger charge is 2.18. The van der Waals surface area contributed by atoms with Crippen LogP contribution in [0.1, 0.15) is 5.56 Å². The molecule has 0 aliphatic carbocycles. The van der Waals surface area contributed by atoms with E-state index in [9.17, 15) is 4.39 Å². The fourth-order valence-electron chi connectivity index (χ4n) is 2.25. The van der Waals surface area contributed by atoms with Gasteiger partial charge in [0, 0.05) is 18.0 Å². The van der Waals surface area contributed by atoms with E-state index in [1.807, 2.05) is 0 Å². The molecule has 24 heavy (non-hydrogen) atoms. The van der Waals surface area contributed by atoms with Gasteiger partial charge < -0.3 is 4.42 Å². The van der Waals surface area contributed by atoms with Crippen LogP contribution in [0.15, 0.2) is 59.8 Å². The van der Waals surface area contributed by atoms with Crippen LogP contribution >= 0.6 is 0 Å². The van der Waals surface area contributed by atoms with Gasteiger partial charge >= 0.3 is 0 Å². The van der Waals surface area contributed by atoms with Crippen molar-refractivity contribution < 1.29 is 8.81 Å². The standard InChI is InChI=1S/C16H11FN6O/c17-12-5-2-1-4-11(12)8-23-16(15-18-6-3-7-19-15)21-14(22-23)13-9-24-10-20-13/h1-7,9-10H,8H2. The zero-order valence-electron chi connectivity index (χ0n) is 12.4. The fourth-order valence-corrected chi connectivity index (χ4v) is 2.25. The van der Waals surface area contributed by atoms with E-state index >= 15 is 0 Å². The third kappa shape index (κ3) is 2.65. The molecule has 0 atom stereocenters. The number of halogens is 1. The molecule has 0 amide bonds. The number of rotatable bonds is 4. The minimum atomic E-state index is -0.309. The van der Waals surface area contributed by atoms with E-state index in [0.29, 0.717) is 28.7 Å². The molecule has 8 heteroatoms. The summed E-state index contributed by atoms with van der Waals surface area (Å²) in [4.78, 5) is 16.9. The van der Waals surface area contributed by atoms with Gasteiger partial charge in [-0.2, -0.15) is 0 Å². The maximum Gasteiger partial charge on any atom is 0.203 e. The summed E-state index contributed by atoms with van der Waals surface area (Å²) < 4.78 is 20.5. The molecule has 0 saturated heterocycles. The lowest BCUT2D eigenvalue weighted by Gasteiger charge is -2.05. The Bertz CT molecular complexity index is 952. The zero-order chi connectivity index (χ0) is 16.4. The van der Waals surface area contributed by atoms with Crippen LogP contribution in [0.2, 0.25) is 0 Å². The van der Waals surface area contributed by atoms with E-state index in [1.165, 1.54) is 18.7 Å². The topological polar surface area (TPSA) is 82.5 Å². The molecular weight excluding hydrogens is 311 g/mol. The van der Waals surface area contributed by atoms with E-state index in [1.54, 1.807) is 41.3 Å². The summed E-state index contributed by atoms with van der Waals surface area (Å²) in [5.74, 6) is 0.881. The highest BCUT2D eigenvalue weighted by atomic mass is 19.1. The van der Waals surface area contributed by atoms with Gasteiger partial charge in [0.15, 0.2) is 18.0 Å². The Morgan fingerprint density at radius 1 is 1.00 bits per heavy atom. The summed E-state index contributed by atoms with van der Waals surface area (Å²) in [7, 11) is 0. The summed E-state index contributed by atoms with van der Waals surface area (Å²) >= 11 is 0. The molecule has 0 radical (unpaired) electrons. The van der Waals surface area contributed by atoms with Crippen LogP contribution in [0.25, 0.3) is 23.2 Å². The van der Waals surface area contributed by atoms with Gasteiger partial charge in [-0.25, -0.2) is 29.0 Å². The molecule has 3 aromatic heterocycles. The Kier molecular flexibility index (Phi) is 3.54. The van der Waals surface area contributed by atoms with Gasteiger partial charge in [0.1, 0.15) is 17.8 Å². The van der Waals surface area contributed by atoms with Crippen molar-refractivity contribution in [3.05, 3.63) is 66.8 Å². The number of hydrogen-bond donors (Lipinski definition) is 0. The highest BCUT2D eigenvalue weighted by Crippen LogP contribution is 2.20. The van der Waals surface area contributed by atoms with Gasteiger partial charge in [-0.1, -0.05) is 18.2 Å². The van der Waals surface area contributed by atoms with Gasteiger partial charge in [-0.05, 0) is 12.1 Å². The average Bonchev–Trinajstić information content (AvgIpc) is 3.27. The monoisotopic (exact) mass is 322 g/mol. The van der Waals surface area contributed by atoms with Crippen LogP contribution in [0.4, 0.5) is 4.39 Å². The smallest absolute Gasteiger partial charge is 0.203 e. The summed E-state index contributed by atoms with van der Waals surface area (Å²) in [6, 6.07) is 8.22. The molecule has 4 rings (SSSR count). The first-order chi connectivity index (χ1) is 11.8. The van der Waals surface area contributed by atoms with Crippen molar-refractivity contribution in [3.63, 3.8) is 0 Å². The van der Waals surface area contributed by atoms with Gasteiger partial charge in [0.25, 0.3) is 0 Å².